The predicted octanol–water partition coefficient (Wildman–Crippen LogP) is 2.24. The van der Waals surface area contributed by atoms with Crippen LogP contribution in [0.15, 0.2) is 36.8 Å². The monoisotopic (exact) mass is 351 g/mol. The van der Waals surface area contributed by atoms with Crippen LogP contribution in [0.4, 0.5) is 5.82 Å². The second-order valence-electron chi connectivity index (χ2n) is 7.22. The molecule has 4 rings (SSSR count). The lowest BCUT2D eigenvalue weighted by atomic mass is 9.83. The van der Waals surface area contributed by atoms with Gasteiger partial charge in [0.2, 0.25) is 5.91 Å². The summed E-state index contributed by atoms with van der Waals surface area (Å²) >= 11 is 0. The number of hydrogen-bond donors (Lipinski definition) is 0. The van der Waals surface area contributed by atoms with Crippen LogP contribution in [0.25, 0.3) is 0 Å². The quantitative estimate of drug-likeness (QED) is 0.845. The molecule has 0 radical (unpaired) electrons. The van der Waals surface area contributed by atoms with Crippen molar-refractivity contribution in [1.29, 1.82) is 0 Å². The molecule has 0 unspecified atom stereocenters. The second kappa shape index (κ2) is 7.40. The number of aromatic nitrogens is 3. The van der Waals surface area contributed by atoms with Crippen molar-refractivity contribution in [3.05, 3.63) is 48.2 Å². The van der Waals surface area contributed by atoms with Gasteiger partial charge in [-0.1, -0.05) is 6.07 Å². The molecule has 2 aromatic heterocycles. The Morgan fingerprint density at radius 2 is 2.00 bits per heavy atom. The summed E-state index contributed by atoms with van der Waals surface area (Å²) in [5.41, 5.74) is 2.03. The van der Waals surface area contributed by atoms with Gasteiger partial charge in [0.05, 0.1) is 5.69 Å². The van der Waals surface area contributed by atoms with E-state index in [1.54, 1.807) is 12.4 Å². The number of hydrogen-bond acceptors (Lipinski definition) is 5. The molecular weight excluding hydrogens is 326 g/mol. The minimum atomic E-state index is 0.298. The third kappa shape index (κ3) is 3.41. The molecule has 2 saturated heterocycles. The van der Waals surface area contributed by atoms with E-state index in [1.165, 1.54) is 0 Å². The number of anilines is 1. The molecule has 2 aromatic rings. The van der Waals surface area contributed by atoms with Gasteiger partial charge in [0.1, 0.15) is 5.82 Å². The molecule has 2 atom stereocenters. The maximum atomic E-state index is 12.5. The summed E-state index contributed by atoms with van der Waals surface area (Å²) in [7, 11) is 0. The summed E-state index contributed by atoms with van der Waals surface area (Å²) in [6, 6.07) is 6.31. The van der Waals surface area contributed by atoms with E-state index >= 15 is 0 Å². The van der Waals surface area contributed by atoms with Crippen LogP contribution in [-0.4, -0.2) is 51.4 Å². The lowest BCUT2D eigenvalue weighted by Crippen LogP contribution is -2.56. The van der Waals surface area contributed by atoms with Crippen molar-refractivity contribution in [3.8, 4) is 0 Å². The molecule has 2 fully saturated rings. The molecule has 0 spiro atoms. The number of amides is 1. The van der Waals surface area contributed by atoms with Gasteiger partial charge < -0.3 is 9.80 Å². The maximum absolute atomic E-state index is 12.5. The molecular formula is C20H25N5O. The fourth-order valence-electron chi connectivity index (χ4n) is 4.33. The smallest absolute Gasteiger partial charge is 0.222 e. The van der Waals surface area contributed by atoms with E-state index in [9.17, 15) is 4.79 Å². The number of nitrogens with zero attached hydrogens (tertiary/aromatic N) is 5. The molecule has 6 heteroatoms. The molecule has 2 aliphatic rings. The molecule has 0 aliphatic carbocycles. The molecule has 0 bridgehead atoms. The number of fused-ring (bicyclic) bond motifs is 1. The summed E-state index contributed by atoms with van der Waals surface area (Å²) in [6.07, 6.45) is 8.76. The average Bonchev–Trinajstić information content (AvgIpc) is 2.68. The number of piperidine rings is 2. The molecule has 4 heterocycles. The summed E-state index contributed by atoms with van der Waals surface area (Å²) in [6.45, 7) is 4.66. The highest BCUT2D eigenvalue weighted by Gasteiger charge is 2.39. The van der Waals surface area contributed by atoms with E-state index in [-0.39, 0.29) is 0 Å². The van der Waals surface area contributed by atoms with Crippen molar-refractivity contribution in [2.75, 3.05) is 24.5 Å². The predicted molar refractivity (Wildman–Crippen MR) is 99.8 cm³/mol. The average molecular weight is 351 g/mol. The fraction of sp³-hybridized carbons (Fsp3) is 0.500. The number of pyridine rings is 1. The minimum Gasteiger partial charge on any atom is -0.355 e. The van der Waals surface area contributed by atoms with Crippen molar-refractivity contribution >= 4 is 11.7 Å². The van der Waals surface area contributed by atoms with Crippen LogP contribution in [-0.2, 0) is 11.2 Å². The third-order valence-corrected chi connectivity index (χ3v) is 5.63. The van der Waals surface area contributed by atoms with Gasteiger partial charge in [-0.2, -0.15) is 0 Å². The summed E-state index contributed by atoms with van der Waals surface area (Å²) in [4.78, 5) is 30.3. The summed E-state index contributed by atoms with van der Waals surface area (Å²) in [5, 5.41) is 0. The van der Waals surface area contributed by atoms with Gasteiger partial charge in [0.25, 0.3) is 0 Å². The van der Waals surface area contributed by atoms with Crippen LogP contribution in [0, 0.1) is 12.8 Å². The Balaban J connectivity index is 1.44. The first-order chi connectivity index (χ1) is 12.7. The van der Waals surface area contributed by atoms with E-state index < -0.39 is 0 Å². The Kier molecular flexibility index (Phi) is 4.82. The van der Waals surface area contributed by atoms with Crippen LogP contribution < -0.4 is 4.90 Å². The van der Waals surface area contributed by atoms with E-state index in [0.717, 1.165) is 56.1 Å². The van der Waals surface area contributed by atoms with Crippen LogP contribution in [0.3, 0.4) is 0 Å². The van der Waals surface area contributed by atoms with Crippen LogP contribution in [0.1, 0.15) is 30.7 Å². The first-order valence-electron chi connectivity index (χ1n) is 9.44. The van der Waals surface area contributed by atoms with Crippen molar-refractivity contribution in [2.24, 2.45) is 5.92 Å². The first kappa shape index (κ1) is 16.9. The number of carbonyl (C=O) groups is 1. The Labute approximate surface area is 154 Å². The third-order valence-electron chi connectivity index (χ3n) is 5.63. The molecule has 0 aromatic carbocycles. The molecule has 6 nitrogen and oxygen atoms in total. The van der Waals surface area contributed by atoms with E-state index in [4.69, 9.17) is 0 Å². The standard InChI is InChI=1S/C20H25N5O/c1-15-20(23-11-10-21-15)24-12-8-18-16(14-24)5-6-19(26)25(18)13-7-17-4-2-3-9-22-17/h2-4,9-11,16,18H,5-8,12-14H2,1H3/t16-,18+/m0/s1. The normalized spacial score (nSPS) is 23.0. The minimum absolute atomic E-state index is 0.298. The zero-order chi connectivity index (χ0) is 17.9. The Morgan fingerprint density at radius 3 is 2.81 bits per heavy atom. The van der Waals surface area contributed by atoms with Gasteiger partial charge in [0, 0.05) is 62.8 Å². The van der Waals surface area contributed by atoms with Gasteiger partial charge in [-0.15, -0.1) is 0 Å². The maximum Gasteiger partial charge on any atom is 0.222 e. The van der Waals surface area contributed by atoms with Crippen LogP contribution >= 0.6 is 0 Å². The summed E-state index contributed by atoms with van der Waals surface area (Å²) < 4.78 is 0. The molecule has 26 heavy (non-hydrogen) atoms. The highest BCUT2D eigenvalue weighted by molar-refractivity contribution is 5.77. The van der Waals surface area contributed by atoms with Crippen LogP contribution in [0.2, 0.25) is 0 Å². The topological polar surface area (TPSA) is 62.2 Å². The molecule has 0 N–H and O–H groups in total. The van der Waals surface area contributed by atoms with E-state index in [1.807, 2.05) is 31.3 Å². The molecule has 2 aliphatic heterocycles. The number of likely N-dealkylation sites (tertiary alicyclic amines) is 1. The largest absolute Gasteiger partial charge is 0.355 e. The number of carbonyl (C=O) groups excluding carboxylic acids is 1. The van der Waals surface area contributed by atoms with Gasteiger partial charge in [-0.05, 0) is 37.8 Å². The van der Waals surface area contributed by atoms with Crippen molar-refractivity contribution in [1.82, 2.24) is 19.9 Å². The Bertz CT molecular complexity index is 766. The Morgan fingerprint density at radius 1 is 1.12 bits per heavy atom. The van der Waals surface area contributed by atoms with Crippen LogP contribution in [0.5, 0.6) is 0 Å². The second-order valence-corrected chi connectivity index (χ2v) is 7.22. The zero-order valence-corrected chi connectivity index (χ0v) is 15.2. The van der Waals surface area contributed by atoms with E-state index in [0.29, 0.717) is 24.3 Å². The van der Waals surface area contributed by atoms with Crippen molar-refractivity contribution in [3.63, 3.8) is 0 Å². The lowest BCUT2D eigenvalue weighted by Gasteiger charge is -2.47. The summed E-state index contributed by atoms with van der Waals surface area (Å²) in [5.74, 6) is 1.79. The lowest BCUT2D eigenvalue weighted by molar-refractivity contribution is -0.139. The van der Waals surface area contributed by atoms with Gasteiger partial charge >= 0.3 is 0 Å². The first-order valence-corrected chi connectivity index (χ1v) is 9.44. The molecule has 0 saturated carbocycles. The fourth-order valence-corrected chi connectivity index (χ4v) is 4.33. The molecule has 136 valence electrons. The van der Waals surface area contributed by atoms with Gasteiger partial charge in [0.15, 0.2) is 0 Å². The molecule has 1 amide bonds. The van der Waals surface area contributed by atoms with Gasteiger partial charge in [-0.3, -0.25) is 14.8 Å². The van der Waals surface area contributed by atoms with Crippen molar-refractivity contribution < 1.29 is 4.79 Å². The van der Waals surface area contributed by atoms with Gasteiger partial charge in [-0.25, -0.2) is 4.98 Å². The van der Waals surface area contributed by atoms with Crippen molar-refractivity contribution in [2.45, 2.75) is 38.6 Å². The highest BCUT2D eigenvalue weighted by atomic mass is 16.2. The Hall–Kier alpha value is -2.50. The number of aryl methyl sites for hydroxylation is 1. The van der Waals surface area contributed by atoms with E-state index in [2.05, 4.69) is 24.8 Å². The number of rotatable bonds is 4. The SMILES string of the molecule is Cc1nccnc1N1CC[C@@H]2[C@@H](CCC(=O)N2CCc2ccccn2)C1. The zero-order valence-electron chi connectivity index (χ0n) is 15.2. The highest BCUT2D eigenvalue weighted by Crippen LogP contribution is 2.33.